The molecule has 2 heterocycles. The molecule has 2 amide bonds. The van der Waals surface area contributed by atoms with Crippen molar-refractivity contribution in [3.8, 4) is 0 Å². The van der Waals surface area contributed by atoms with Crippen molar-refractivity contribution in [2.75, 3.05) is 26.2 Å². The number of hydrogen-bond donors (Lipinski definition) is 1. The molecule has 150 valence electrons. The molecule has 0 atom stereocenters. The number of aromatic amines is 1. The van der Waals surface area contributed by atoms with Gasteiger partial charge in [0.05, 0.1) is 6.42 Å². The smallest absolute Gasteiger partial charge is 0.254 e. The average molecular weight is 397 g/mol. The number of halogens is 2. The zero-order valence-electron chi connectivity index (χ0n) is 16.0. The lowest BCUT2D eigenvalue weighted by molar-refractivity contribution is -0.131. The average Bonchev–Trinajstić information content (AvgIpc) is 3.02. The number of nitrogens with one attached hydrogen (secondary N) is 1. The van der Waals surface area contributed by atoms with Gasteiger partial charge in [0.1, 0.15) is 11.6 Å². The normalized spacial score (nSPS) is 14.4. The Morgan fingerprint density at radius 1 is 0.966 bits per heavy atom. The van der Waals surface area contributed by atoms with Crippen molar-refractivity contribution in [2.45, 2.75) is 13.3 Å². The molecule has 2 aromatic carbocycles. The number of fused-ring (bicyclic) bond motifs is 1. The number of rotatable bonds is 3. The fourth-order valence-electron chi connectivity index (χ4n) is 3.81. The summed E-state index contributed by atoms with van der Waals surface area (Å²) in [6.07, 6.45) is 0.174. The van der Waals surface area contributed by atoms with E-state index in [-0.39, 0.29) is 24.1 Å². The molecule has 0 bridgehead atoms. The van der Waals surface area contributed by atoms with E-state index in [1.165, 1.54) is 30.3 Å². The molecular formula is C22H21F2N3O2. The lowest BCUT2D eigenvalue weighted by Gasteiger charge is -2.35. The Hall–Kier alpha value is -3.22. The zero-order chi connectivity index (χ0) is 20.5. The van der Waals surface area contributed by atoms with Gasteiger partial charge in [-0.3, -0.25) is 9.59 Å². The number of nitrogens with zero attached hydrogens (tertiary/aromatic N) is 2. The van der Waals surface area contributed by atoms with Gasteiger partial charge in [0.15, 0.2) is 0 Å². The third kappa shape index (κ3) is 3.85. The summed E-state index contributed by atoms with van der Waals surface area (Å²) in [5.41, 5.74) is 2.75. The monoisotopic (exact) mass is 397 g/mol. The highest BCUT2D eigenvalue weighted by Gasteiger charge is 2.26. The molecule has 1 N–H and O–H groups in total. The Kier molecular flexibility index (Phi) is 5.05. The van der Waals surface area contributed by atoms with Crippen molar-refractivity contribution in [3.05, 3.63) is 70.9 Å². The van der Waals surface area contributed by atoms with Crippen LogP contribution in [0.25, 0.3) is 10.9 Å². The van der Waals surface area contributed by atoms with Gasteiger partial charge in [0.2, 0.25) is 5.91 Å². The van der Waals surface area contributed by atoms with Crippen molar-refractivity contribution in [3.63, 3.8) is 0 Å². The number of carbonyl (C=O) groups is 2. The van der Waals surface area contributed by atoms with E-state index in [1.54, 1.807) is 21.9 Å². The highest BCUT2D eigenvalue weighted by atomic mass is 19.1. The Bertz CT molecular complexity index is 1080. The van der Waals surface area contributed by atoms with Crippen molar-refractivity contribution in [1.82, 2.24) is 14.8 Å². The van der Waals surface area contributed by atoms with Crippen molar-refractivity contribution in [1.29, 1.82) is 0 Å². The lowest BCUT2D eigenvalue weighted by Crippen LogP contribution is -2.51. The first-order valence-corrected chi connectivity index (χ1v) is 9.51. The summed E-state index contributed by atoms with van der Waals surface area (Å²) in [6, 6.07) is 10.1. The van der Waals surface area contributed by atoms with Crippen LogP contribution in [0.4, 0.5) is 8.78 Å². The molecule has 3 aromatic rings. The van der Waals surface area contributed by atoms with Gasteiger partial charge >= 0.3 is 0 Å². The molecule has 7 heteroatoms. The molecule has 29 heavy (non-hydrogen) atoms. The summed E-state index contributed by atoms with van der Waals surface area (Å²) in [4.78, 5) is 31.9. The van der Waals surface area contributed by atoms with Crippen LogP contribution in [0.2, 0.25) is 0 Å². The topological polar surface area (TPSA) is 56.4 Å². The Morgan fingerprint density at radius 3 is 2.38 bits per heavy atom. The van der Waals surface area contributed by atoms with Crippen molar-refractivity contribution < 1.29 is 18.4 Å². The van der Waals surface area contributed by atoms with Crippen LogP contribution in [0, 0.1) is 18.6 Å². The summed E-state index contributed by atoms with van der Waals surface area (Å²) < 4.78 is 27.0. The minimum absolute atomic E-state index is 0.0592. The number of hydrogen-bond acceptors (Lipinski definition) is 2. The van der Waals surface area contributed by atoms with Crippen LogP contribution in [0.3, 0.4) is 0 Å². The van der Waals surface area contributed by atoms with Gasteiger partial charge in [0, 0.05) is 48.3 Å². The van der Waals surface area contributed by atoms with Crippen molar-refractivity contribution in [2.24, 2.45) is 0 Å². The van der Waals surface area contributed by atoms with E-state index >= 15 is 0 Å². The van der Waals surface area contributed by atoms with E-state index in [0.717, 1.165) is 22.2 Å². The first-order chi connectivity index (χ1) is 13.9. The predicted molar refractivity (Wildman–Crippen MR) is 106 cm³/mol. The van der Waals surface area contributed by atoms with Crippen LogP contribution in [0.15, 0.2) is 42.5 Å². The number of carbonyl (C=O) groups excluding carboxylic acids is 2. The number of benzene rings is 2. The van der Waals surface area contributed by atoms with E-state index in [2.05, 4.69) is 4.98 Å². The second kappa shape index (κ2) is 7.66. The molecule has 0 unspecified atom stereocenters. The Balaban J connectivity index is 1.41. The molecule has 0 spiro atoms. The van der Waals surface area contributed by atoms with Gasteiger partial charge in [0.25, 0.3) is 5.91 Å². The van der Waals surface area contributed by atoms with Crippen molar-refractivity contribution >= 4 is 22.7 Å². The molecule has 1 aliphatic heterocycles. The van der Waals surface area contributed by atoms with Crippen LogP contribution in [-0.4, -0.2) is 52.8 Å². The summed E-state index contributed by atoms with van der Waals surface area (Å²) in [5.74, 6) is -1.08. The SMILES string of the molecule is Cc1[nH]c2ccc(F)cc2c1CC(=O)N1CCN(C(=O)c2cccc(F)c2)CC1. The maximum absolute atomic E-state index is 13.6. The van der Waals surface area contributed by atoms with Gasteiger partial charge in [-0.25, -0.2) is 8.78 Å². The molecular weight excluding hydrogens is 376 g/mol. The first-order valence-electron chi connectivity index (χ1n) is 9.51. The minimum Gasteiger partial charge on any atom is -0.358 e. The number of H-pyrrole nitrogens is 1. The number of piperazine rings is 1. The maximum atomic E-state index is 13.6. The molecule has 1 aliphatic rings. The second-order valence-corrected chi connectivity index (χ2v) is 7.28. The first kappa shape index (κ1) is 19.1. The van der Waals surface area contributed by atoms with E-state index in [9.17, 15) is 18.4 Å². The van der Waals surface area contributed by atoms with Gasteiger partial charge in [-0.1, -0.05) is 6.07 Å². The van der Waals surface area contributed by atoms with Crippen LogP contribution < -0.4 is 0 Å². The van der Waals surface area contributed by atoms with Gasteiger partial charge in [-0.05, 0) is 48.9 Å². The van der Waals surface area contributed by atoms with E-state index in [0.29, 0.717) is 31.7 Å². The molecule has 1 saturated heterocycles. The van der Waals surface area contributed by atoms with E-state index in [4.69, 9.17) is 0 Å². The molecule has 5 nitrogen and oxygen atoms in total. The van der Waals surface area contributed by atoms with Gasteiger partial charge < -0.3 is 14.8 Å². The summed E-state index contributed by atoms with van der Waals surface area (Å²) in [6.45, 7) is 3.48. The van der Waals surface area contributed by atoms with Crippen LogP contribution in [-0.2, 0) is 11.2 Å². The number of amides is 2. The van der Waals surface area contributed by atoms with Crippen LogP contribution in [0.1, 0.15) is 21.6 Å². The largest absolute Gasteiger partial charge is 0.358 e. The summed E-state index contributed by atoms with van der Waals surface area (Å²) in [7, 11) is 0. The number of aromatic nitrogens is 1. The van der Waals surface area contributed by atoms with E-state index in [1.807, 2.05) is 6.92 Å². The number of aryl methyl sites for hydroxylation is 1. The highest BCUT2D eigenvalue weighted by molar-refractivity contribution is 5.94. The summed E-state index contributed by atoms with van der Waals surface area (Å²) >= 11 is 0. The molecule has 4 rings (SSSR count). The lowest BCUT2D eigenvalue weighted by atomic mass is 10.1. The predicted octanol–water partition coefficient (Wildman–Crippen LogP) is 3.28. The van der Waals surface area contributed by atoms with Crippen LogP contribution in [0.5, 0.6) is 0 Å². The Labute approximate surface area is 166 Å². The third-order valence-electron chi connectivity index (χ3n) is 5.40. The molecule has 0 aliphatic carbocycles. The quantitative estimate of drug-likeness (QED) is 0.738. The molecule has 1 fully saturated rings. The van der Waals surface area contributed by atoms with Gasteiger partial charge in [-0.2, -0.15) is 0 Å². The molecule has 0 radical (unpaired) electrons. The van der Waals surface area contributed by atoms with Crippen LogP contribution >= 0.6 is 0 Å². The minimum atomic E-state index is -0.449. The third-order valence-corrected chi connectivity index (χ3v) is 5.40. The highest BCUT2D eigenvalue weighted by Crippen LogP contribution is 2.24. The van der Waals surface area contributed by atoms with E-state index < -0.39 is 5.82 Å². The zero-order valence-corrected chi connectivity index (χ0v) is 16.0. The standard InChI is InChI=1S/C22H21F2N3O2/c1-14-18(19-12-17(24)5-6-20(19)25-14)13-21(28)26-7-9-27(10-8-26)22(29)15-3-2-4-16(23)11-15/h2-6,11-12,25H,7-10,13H2,1H3. The summed E-state index contributed by atoms with van der Waals surface area (Å²) in [5, 5.41) is 0.718. The molecule has 0 saturated carbocycles. The maximum Gasteiger partial charge on any atom is 0.254 e. The fourth-order valence-corrected chi connectivity index (χ4v) is 3.81. The molecule has 1 aromatic heterocycles. The second-order valence-electron chi connectivity index (χ2n) is 7.28. The fraction of sp³-hybridized carbons (Fsp3) is 0.273. The Morgan fingerprint density at radius 2 is 1.66 bits per heavy atom. The van der Waals surface area contributed by atoms with Gasteiger partial charge in [-0.15, -0.1) is 0 Å².